The van der Waals surface area contributed by atoms with Crippen molar-refractivity contribution < 1.29 is 0 Å². The maximum Gasteiger partial charge on any atom is 0.145 e. The first kappa shape index (κ1) is 10.0. The lowest BCUT2D eigenvalue weighted by atomic mass is 10.4. The molecule has 0 atom stereocenters. The summed E-state index contributed by atoms with van der Waals surface area (Å²) in [5.74, 6) is 3.98. The normalized spacial score (nSPS) is 9.38. The molecule has 0 spiro atoms. The molecule has 1 rings (SSSR count). The molecule has 0 fully saturated rings. The van der Waals surface area contributed by atoms with E-state index in [0.717, 1.165) is 21.8 Å². The van der Waals surface area contributed by atoms with Crippen molar-refractivity contribution in [3.63, 3.8) is 0 Å². The van der Waals surface area contributed by atoms with Crippen LogP contribution in [0.1, 0.15) is 11.5 Å². The Morgan fingerprint density at radius 2 is 2.15 bits per heavy atom. The van der Waals surface area contributed by atoms with Crippen LogP contribution in [-0.2, 0) is 0 Å². The molecule has 0 saturated carbocycles. The van der Waals surface area contributed by atoms with Gasteiger partial charge in [-0.05, 0) is 29.8 Å². The van der Waals surface area contributed by atoms with Gasteiger partial charge < -0.3 is 5.32 Å². The number of nitrogens with zero attached hydrogens (tertiary/aromatic N) is 2. The van der Waals surface area contributed by atoms with Gasteiger partial charge in [0, 0.05) is 0 Å². The molecule has 0 aliphatic rings. The Morgan fingerprint density at radius 1 is 1.46 bits per heavy atom. The van der Waals surface area contributed by atoms with Crippen LogP contribution >= 0.6 is 15.9 Å². The first-order valence-corrected chi connectivity index (χ1v) is 4.62. The lowest BCUT2D eigenvalue weighted by Crippen LogP contribution is -2.05. The van der Waals surface area contributed by atoms with Crippen LogP contribution < -0.4 is 5.32 Å². The summed E-state index contributed by atoms with van der Waals surface area (Å²) in [7, 11) is 0. The van der Waals surface area contributed by atoms with Crippen molar-refractivity contribution in [1.82, 2.24) is 9.97 Å². The van der Waals surface area contributed by atoms with Gasteiger partial charge in [0.2, 0.25) is 0 Å². The predicted molar refractivity (Wildman–Crippen MR) is 56.5 cm³/mol. The summed E-state index contributed by atoms with van der Waals surface area (Å²) in [5, 5.41) is 3.01. The Bertz CT molecular complexity index is 355. The quantitative estimate of drug-likeness (QED) is 0.802. The summed E-state index contributed by atoms with van der Waals surface area (Å²) in [6, 6.07) is 0. The van der Waals surface area contributed by atoms with Crippen LogP contribution in [0.3, 0.4) is 0 Å². The highest BCUT2D eigenvalue weighted by Crippen LogP contribution is 2.22. The van der Waals surface area contributed by atoms with Crippen LogP contribution in [0.15, 0.2) is 4.47 Å². The zero-order chi connectivity index (χ0) is 9.84. The molecule has 68 valence electrons. The minimum atomic E-state index is 0.467. The smallest absolute Gasteiger partial charge is 0.145 e. The van der Waals surface area contributed by atoms with Gasteiger partial charge in [-0.2, -0.15) is 0 Å². The minimum Gasteiger partial charge on any atom is -0.358 e. The average molecular weight is 240 g/mol. The molecule has 13 heavy (non-hydrogen) atoms. The SMILES string of the molecule is C#CCNc1nc(C)nc(C)c1Br. The van der Waals surface area contributed by atoms with Gasteiger partial charge >= 0.3 is 0 Å². The summed E-state index contributed by atoms with van der Waals surface area (Å²) >= 11 is 3.39. The third-order valence-electron chi connectivity index (χ3n) is 1.49. The van der Waals surface area contributed by atoms with Gasteiger partial charge in [-0.25, -0.2) is 9.97 Å². The molecular weight excluding hydrogens is 230 g/mol. The van der Waals surface area contributed by atoms with Crippen LogP contribution in [0, 0.1) is 26.2 Å². The monoisotopic (exact) mass is 239 g/mol. The molecule has 0 bridgehead atoms. The number of nitrogens with one attached hydrogen (secondary N) is 1. The summed E-state index contributed by atoms with van der Waals surface area (Å²) in [4.78, 5) is 8.40. The van der Waals surface area contributed by atoms with Gasteiger partial charge in [0.25, 0.3) is 0 Å². The van der Waals surface area contributed by atoms with Crippen molar-refractivity contribution in [2.75, 3.05) is 11.9 Å². The maximum absolute atomic E-state index is 5.13. The van der Waals surface area contributed by atoms with E-state index in [1.54, 1.807) is 0 Å². The van der Waals surface area contributed by atoms with Crippen molar-refractivity contribution in [2.24, 2.45) is 0 Å². The van der Waals surface area contributed by atoms with Crippen molar-refractivity contribution in [3.05, 3.63) is 16.0 Å². The second-order valence-corrected chi connectivity index (χ2v) is 3.37. The summed E-state index contributed by atoms with van der Waals surface area (Å²) in [5.41, 5.74) is 0.909. The van der Waals surface area contributed by atoms with E-state index in [-0.39, 0.29) is 0 Å². The molecule has 0 aromatic carbocycles. The summed E-state index contributed by atoms with van der Waals surface area (Å²) < 4.78 is 0.869. The molecule has 0 aliphatic heterocycles. The molecule has 3 nitrogen and oxygen atoms in total. The van der Waals surface area contributed by atoms with E-state index in [0.29, 0.717) is 6.54 Å². The lowest BCUT2D eigenvalue weighted by Gasteiger charge is -2.07. The molecule has 4 heteroatoms. The Labute approximate surface area is 86.1 Å². The number of rotatable bonds is 2. The van der Waals surface area contributed by atoms with E-state index >= 15 is 0 Å². The summed E-state index contributed by atoms with van der Waals surface area (Å²) in [6.45, 7) is 4.23. The van der Waals surface area contributed by atoms with Gasteiger partial charge in [0.05, 0.1) is 16.7 Å². The van der Waals surface area contributed by atoms with Gasteiger partial charge in [0.1, 0.15) is 11.6 Å². The van der Waals surface area contributed by atoms with Crippen LogP contribution in [0.5, 0.6) is 0 Å². The maximum atomic E-state index is 5.13. The van der Waals surface area contributed by atoms with Crippen molar-refractivity contribution in [2.45, 2.75) is 13.8 Å². The largest absolute Gasteiger partial charge is 0.358 e. The highest BCUT2D eigenvalue weighted by Gasteiger charge is 2.05. The van der Waals surface area contributed by atoms with Gasteiger partial charge in [-0.1, -0.05) is 5.92 Å². The zero-order valence-corrected chi connectivity index (χ0v) is 9.14. The molecule has 0 aliphatic carbocycles. The van der Waals surface area contributed by atoms with Crippen LogP contribution in [-0.4, -0.2) is 16.5 Å². The molecule has 1 heterocycles. The van der Waals surface area contributed by atoms with Crippen LogP contribution in [0.25, 0.3) is 0 Å². The van der Waals surface area contributed by atoms with Crippen molar-refractivity contribution >= 4 is 21.7 Å². The fraction of sp³-hybridized carbons (Fsp3) is 0.333. The Kier molecular flexibility index (Phi) is 3.26. The van der Waals surface area contributed by atoms with E-state index in [1.807, 2.05) is 13.8 Å². The predicted octanol–water partition coefficient (Wildman–Crippen LogP) is 1.90. The number of anilines is 1. The number of aromatic nitrogens is 2. The second-order valence-electron chi connectivity index (χ2n) is 2.58. The Hall–Kier alpha value is -1.08. The number of aryl methyl sites for hydroxylation is 2. The molecule has 0 saturated heterocycles. The molecule has 1 N–H and O–H groups in total. The summed E-state index contributed by atoms with van der Waals surface area (Å²) in [6.07, 6.45) is 5.13. The molecule has 1 aromatic rings. The van der Waals surface area contributed by atoms with Crippen molar-refractivity contribution in [1.29, 1.82) is 0 Å². The Balaban J connectivity index is 3.00. The van der Waals surface area contributed by atoms with E-state index in [1.165, 1.54) is 0 Å². The first-order chi connectivity index (χ1) is 6.15. The third-order valence-corrected chi connectivity index (χ3v) is 2.44. The zero-order valence-electron chi connectivity index (χ0n) is 7.56. The average Bonchev–Trinajstić information content (AvgIpc) is 2.09. The third kappa shape index (κ3) is 2.43. The Morgan fingerprint density at radius 3 is 2.77 bits per heavy atom. The van der Waals surface area contributed by atoms with E-state index in [4.69, 9.17) is 6.42 Å². The minimum absolute atomic E-state index is 0.467. The fourth-order valence-corrected chi connectivity index (χ4v) is 1.27. The first-order valence-electron chi connectivity index (χ1n) is 3.83. The molecule has 1 aromatic heterocycles. The number of halogens is 1. The second kappa shape index (κ2) is 4.24. The van der Waals surface area contributed by atoms with Gasteiger partial charge in [-0.15, -0.1) is 6.42 Å². The van der Waals surface area contributed by atoms with Crippen molar-refractivity contribution in [3.8, 4) is 12.3 Å². The molecular formula is C9H10BrN3. The van der Waals surface area contributed by atoms with Crippen LogP contribution in [0.4, 0.5) is 5.82 Å². The van der Waals surface area contributed by atoms with Gasteiger partial charge in [0.15, 0.2) is 0 Å². The number of hydrogen-bond donors (Lipinski definition) is 1. The van der Waals surface area contributed by atoms with E-state index < -0.39 is 0 Å². The number of hydrogen-bond acceptors (Lipinski definition) is 3. The highest BCUT2D eigenvalue weighted by atomic mass is 79.9. The topological polar surface area (TPSA) is 37.8 Å². The molecule has 0 amide bonds. The fourth-order valence-electron chi connectivity index (χ4n) is 0.951. The number of terminal acetylenes is 1. The van der Waals surface area contributed by atoms with Gasteiger partial charge in [-0.3, -0.25) is 0 Å². The molecule has 0 radical (unpaired) electrons. The standard InChI is InChI=1S/C9H10BrN3/c1-4-5-11-9-8(10)6(2)12-7(3)13-9/h1H,5H2,2-3H3,(H,11,12,13). The van der Waals surface area contributed by atoms with E-state index in [9.17, 15) is 0 Å². The highest BCUT2D eigenvalue weighted by molar-refractivity contribution is 9.10. The van der Waals surface area contributed by atoms with E-state index in [2.05, 4.69) is 37.1 Å². The molecule has 0 unspecified atom stereocenters. The lowest BCUT2D eigenvalue weighted by molar-refractivity contribution is 0.995. The van der Waals surface area contributed by atoms with Crippen LogP contribution in [0.2, 0.25) is 0 Å².